The van der Waals surface area contributed by atoms with Gasteiger partial charge in [0.2, 0.25) is 0 Å². The maximum atomic E-state index is 11.4. The Morgan fingerprint density at radius 2 is 2.28 bits per heavy atom. The molecule has 1 aliphatic carbocycles. The molecule has 0 saturated heterocycles. The number of carboxylic acid groups (broad SMARTS) is 1. The van der Waals surface area contributed by atoms with Crippen molar-refractivity contribution < 1.29 is 19.4 Å². The van der Waals surface area contributed by atoms with Crippen LogP contribution in [0.25, 0.3) is 0 Å². The maximum absolute atomic E-state index is 11.4. The summed E-state index contributed by atoms with van der Waals surface area (Å²) >= 11 is 6.35. The average molecular weight is 269 g/mol. The van der Waals surface area contributed by atoms with Gasteiger partial charge in [-0.25, -0.2) is 0 Å². The third kappa shape index (κ3) is 1.42. The van der Waals surface area contributed by atoms with Gasteiger partial charge in [-0.15, -0.1) is 0 Å². The zero-order valence-corrected chi connectivity index (χ0v) is 10.7. The molecule has 1 aromatic rings. The molecule has 1 aliphatic heterocycles. The molecule has 3 rings (SSSR count). The average Bonchev–Trinajstić information content (AvgIpc) is 3.00. The summed E-state index contributed by atoms with van der Waals surface area (Å²) in [6.07, 6.45) is 1.96. The van der Waals surface area contributed by atoms with E-state index < -0.39 is 11.4 Å². The minimum absolute atomic E-state index is 0.531. The number of fused-ring (bicyclic) bond motifs is 1. The lowest BCUT2D eigenvalue weighted by Crippen LogP contribution is -2.20. The van der Waals surface area contributed by atoms with Gasteiger partial charge in [0.25, 0.3) is 0 Å². The highest BCUT2D eigenvalue weighted by Gasteiger charge is 2.53. The maximum Gasteiger partial charge on any atom is 0.314 e. The van der Waals surface area contributed by atoms with E-state index in [9.17, 15) is 9.90 Å². The van der Waals surface area contributed by atoms with Crippen LogP contribution in [0.2, 0.25) is 5.02 Å². The summed E-state index contributed by atoms with van der Waals surface area (Å²) in [4.78, 5) is 11.4. The van der Waals surface area contributed by atoms with Crippen molar-refractivity contribution in [3.8, 4) is 11.5 Å². The summed E-state index contributed by atoms with van der Waals surface area (Å²) in [5.74, 6) is 0.423. The molecule has 1 fully saturated rings. The van der Waals surface area contributed by atoms with Crippen LogP contribution in [0.1, 0.15) is 24.0 Å². The van der Waals surface area contributed by atoms with Crippen molar-refractivity contribution in [3.63, 3.8) is 0 Å². The lowest BCUT2D eigenvalue weighted by atomic mass is 9.93. The molecule has 4 nitrogen and oxygen atoms in total. The Labute approximate surface area is 109 Å². The zero-order chi connectivity index (χ0) is 12.9. The number of benzene rings is 1. The van der Waals surface area contributed by atoms with Gasteiger partial charge in [-0.3, -0.25) is 4.79 Å². The number of halogens is 1. The Balaban J connectivity index is 2.20. The number of hydrogen-bond donors (Lipinski definition) is 1. The van der Waals surface area contributed by atoms with Crippen molar-refractivity contribution in [1.82, 2.24) is 0 Å². The van der Waals surface area contributed by atoms with Crippen molar-refractivity contribution in [2.75, 3.05) is 13.7 Å². The molecule has 1 saturated carbocycles. The minimum Gasteiger partial charge on any atom is -0.493 e. The molecule has 1 aromatic carbocycles. The van der Waals surface area contributed by atoms with Gasteiger partial charge < -0.3 is 14.6 Å². The van der Waals surface area contributed by atoms with Crippen LogP contribution < -0.4 is 9.47 Å². The number of aliphatic carboxylic acids is 1. The fourth-order valence-corrected chi connectivity index (χ4v) is 2.95. The first kappa shape index (κ1) is 11.7. The number of hydrogen-bond acceptors (Lipinski definition) is 3. The third-order valence-corrected chi connectivity index (χ3v) is 4.20. The highest BCUT2D eigenvalue weighted by atomic mass is 35.5. The molecule has 18 heavy (non-hydrogen) atoms. The Morgan fingerprint density at radius 3 is 2.83 bits per heavy atom. The minimum atomic E-state index is -0.817. The lowest BCUT2D eigenvalue weighted by Gasteiger charge is -2.17. The first-order valence-electron chi connectivity index (χ1n) is 5.86. The number of ether oxygens (including phenoxy) is 2. The highest BCUT2D eigenvalue weighted by molar-refractivity contribution is 6.33. The molecule has 96 valence electrons. The van der Waals surface area contributed by atoms with Gasteiger partial charge in [0.15, 0.2) is 11.5 Å². The van der Waals surface area contributed by atoms with E-state index in [1.54, 1.807) is 13.2 Å². The SMILES string of the molecule is COc1cc(C2(C(=O)O)CC2)c(Cl)c2c1OCC2. The molecule has 0 atom stereocenters. The zero-order valence-electron chi connectivity index (χ0n) is 9.96. The van der Waals surface area contributed by atoms with Gasteiger partial charge >= 0.3 is 5.97 Å². The van der Waals surface area contributed by atoms with Crippen LogP contribution >= 0.6 is 11.6 Å². The van der Waals surface area contributed by atoms with E-state index in [1.807, 2.05) is 0 Å². The Kier molecular flexibility index (Phi) is 2.45. The summed E-state index contributed by atoms with van der Waals surface area (Å²) in [6, 6.07) is 1.72. The van der Waals surface area contributed by atoms with Crippen LogP contribution in [0.3, 0.4) is 0 Å². The first-order chi connectivity index (χ1) is 8.60. The van der Waals surface area contributed by atoms with Gasteiger partial charge in [-0.2, -0.15) is 0 Å². The summed E-state index contributed by atoms with van der Waals surface area (Å²) in [7, 11) is 1.55. The molecule has 0 radical (unpaired) electrons. The smallest absolute Gasteiger partial charge is 0.314 e. The molecule has 2 aliphatic rings. The largest absolute Gasteiger partial charge is 0.493 e. The van der Waals surface area contributed by atoms with Crippen LogP contribution in [-0.2, 0) is 16.6 Å². The van der Waals surface area contributed by atoms with Crippen LogP contribution in [-0.4, -0.2) is 24.8 Å². The van der Waals surface area contributed by atoms with Gasteiger partial charge in [-0.1, -0.05) is 11.6 Å². The molecular formula is C13H13ClO4. The van der Waals surface area contributed by atoms with Crippen LogP contribution in [0.15, 0.2) is 6.07 Å². The van der Waals surface area contributed by atoms with Crippen molar-refractivity contribution in [1.29, 1.82) is 0 Å². The summed E-state index contributed by atoms with van der Waals surface area (Å²) < 4.78 is 10.8. The second kappa shape index (κ2) is 3.79. The molecule has 0 aromatic heterocycles. The number of rotatable bonds is 3. The summed E-state index contributed by atoms with van der Waals surface area (Å²) in [5.41, 5.74) is 0.721. The topological polar surface area (TPSA) is 55.8 Å². The standard InChI is InChI=1S/C13H13ClO4/c1-17-9-6-8(13(3-4-13)12(15)16)10(14)7-2-5-18-11(7)9/h6H,2-5H2,1H3,(H,15,16). The second-order valence-corrected chi connectivity index (χ2v) is 5.11. The first-order valence-corrected chi connectivity index (χ1v) is 6.24. The van der Waals surface area contributed by atoms with Gasteiger partial charge in [-0.05, 0) is 24.5 Å². The normalized spacial score (nSPS) is 19.0. The number of methoxy groups -OCH3 is 1. The van der Waals surface area contributed by atoms with Crippen LogP contribution in [0, 0.1) is 0 Å². The van der Waals surface area contributed by atoms with Crippen molar-refractivity contribution in [2.24, 2.45) is 0 Å². The second-order valence-electron chi connectivity index (χ2n) is 4.73. The van der Waals surface area contributed by atoms with Crippen LogP contribution in [0.4, 0.5) is 0 Å². The molecular weight excluding hydrogens is 256 g/mol. The predicted molar refractivity (Wildman–Crippen MR) is 65.8 cm³/mol. The lowest BCUT2D eigenvalue weighted by molar-refractivity contribution is -0.140. The van der Waals surface area contributed by atoms with Crippen LogP contribution in [0.5, 0.6) is 11.5 Å². The quantitative estimate of drug-likeness (QED) is 0.915. The summed E-state index contributed by atoms with van der Waals surface area (Å²) in [5, 5.41) is 9.89. The molecule has 5 heteroatoms. The molecule has 0 amide bonds. The van der Waals surface area contributed by atoms with Gasteiger partial charge in [0, 0.05) is 12.0 Å². The molecule has 0 unspecified atom stereocenters. The third-order valence-electron chi connectivity index (χ3n) is 3.77. The van der Waals surface area contributed by atoms with Gasteiger partial charge in [0.1, 0.15) is 0 Å². The van der Waals surface area contributed by atoms with E-state index in [0.717, 1.165) is 5.56 Å². The molecule has 1 N–H and O–H groups in total. The van der Waals surface area contributed by atoms with E-state index >= 15 is 0 Å². The molecule has 1 heterocycles. The number of carbonyl (C=O) groups is 1. The fourth-order valence-electron chi connectivity index (χ4n) is 2.53. The fraction of sp³-hybridized carbons (Fsp3) is 0.462. The Hall–Kier alpha value is -1.42. The summed E-state index contributed by atoms with van der Waals surface area (Å²) in [6.45, 7) is 0.564. The van der Waals surface area contributed by atoms with E-state index in [1.165, 1.54) is 0 Å². The molecule has 0 spiro atoms. The van der Waals surface area contributed by atoms with E-state index in [0.29, 0.717) is 48.0 Å². The Bertz CT molecular complexity index is 534. The monoisotopic (exact) mass is 268 g/mol. The predicted octanol–water partition coefficient (Wildman–Crippen LogP) is 2.40. The van der Waals surface area contributed by atoms with Crippen molar-refractivity contribution >= 4 is 17.6 Å². The Morgan fingerprint density at radius 1 is 1.56 bits per heavy atom. The number of carboxylic acids is 1. The van der Waals surface area contributed by atoms with E-state index in [2.05, 4.69) is 0 Å². The molecule has 0 bridgehead atoms. The van der Waals surface area contributed by atoms with Crippen molar-refractivity contribution in [2.45, 2.75) is 24.7 Å². The highest BCUT2D eigenvalue weighted by Crippen LogP contribution is 2.54. The van der Waals surface area contributed by atoms with E-state index in [4.69, 9.17) is 21.1 Å². The van der Waals surface area contributed by atoms with Gasteiger partial charge in [0.05, 0.1) is 24.2 Å². The van der Waals surface area contributed by atoms with Crippen molar-refractivity contribution in [3.05, 3.63) is 22.2 Å². The van der Waals surface area contributed by atoms with E-state index in [-0.39, 0.29) is 0 Å².